The lowest BCUT2D eigenvalue weighted by molar-refractivity contribution is 0.297. The van der Waals surface area contributed by atoms with E-state index in [0.717, 1.165) is 12.2 Å². The molecule has 1 aliphatic rings. The van der Waals surface area contributed by atoms with Crippen LogP contribution in [0.4, 0.5) is 0 Å². The molecular weight excluding hydrogens is 186 g/mol. The van der Waals surface area contributed by atoms with Crippen LogP contribution in [0.5, 0.6) is 0 Å². The molecular formula is C12H21N3. The van der Waals surface area contributed by atoms with Gasteiger partial charge in [-0.05, 0) is 18.3 Å². The van der Waals surface area contributed by atoms with Crippen LogP contribution in [-0.4, -0.2) is 15.6 Å². The molecule has 2 unspecified atom stereocenters. The Hall–Kier alpha value is -0.830. The maximum atomic E-state index is 6.32. The van der Waals surface area contributed by atoms with Crippen LogP contribution in [0.2, 0.25) is 0 Å². The third-order valence-electron chi connectivity index (χ3n) is 3.82. The molecule has 1 aliphatic carbocycles. The molecule has 0 spiro atoms. The van der Waals surface area contributed by atoms with Gasteiger partial charge in [-0.25, -0.2) is 4.98 Å². The minimum atomic E-state index is 0.247. The van der Waals surface area contributed by atoms with Crippen LogP contribution < -0.4 is 5.73 Å². The Morgan fingerprint density at radius 2 is 2.33 bits per heavy atom. The zero-order valence-electron chi connectivity index (χ0n) is 9.90. The summed E-state index contributed by atoms with van der Waals surface area (Å²) in [6.45, 7) is 6.67. The maximum Gasteiger partial charge on any atom is 0.108 e. The lowest BCUT2D eigenvalue weighted by Gasteiger charge is -2.28. The standard InChI is InChI=1S/C12H21N3/c1-4-10-14-7-8-15(10)9-5-6-12(2,3)11(9)13/h7-9,11H,4-6,13H2,1-3H3. The van der Waals surface area contributed by atoms with Gasteiger partial charge < -0.3 is 10.3 Å². The highest BCUT2D eigenvalue weighted by Gasteiger charge is 2.40. The van der Waals surface area contributed by atoms with Crippen LogP contribution in [-0.2, 0) is 6.42 Å². The zero-order valence-corrected chi connectivity index (χ0v) is 9.90. The second-order valence-electron chi connectivity index (χ2n) is 5.22. The molecule has 0 saturated heterocycles. The molecule has 2 rings (SSSR count). The quantitative estimate of drug-likeness (QED) is 0.807. The molecule has 15 heavy (non-hydrogen) atoms. The number of hydrogen-bond acceptors (Lipinski definition) is 2. The van der Waals surface area contributed by atoms with Gasteiger partial charge in [-0.15, -0.1) is 0 Å². The summed E-state index contributed by atoms with van der Waals surface area (Å²) in [4.78, 5) is 4.37. The molecule has 2 atom stereocenters. The fourth-order valence-corrected chi connectivity index (χ4v) is 2.62. The third-order valence-corrected chi connectivity index (χ3v) is 3.82. The molecule has 3 nitrogen and oxygen atoms in total. The average molecular weight is 207 g/mol. The highest BCUT2D eigenvalue weighted by Crippen LogP contribution is 2.42. The third kappa shape index (κ3) is 1.69. The van der Waals surface area contributed by atoms with E-state index < -0.39 is 0 Å². The first kappa shape index (κ1) is 10.7. The highest BCUT2D eigenvalue weighted by molar-refractivity contribution is 5.03. The van der Waals surface area contributed by atoms with Crippen molar-refractivity contribution in [3.63, 3.8) is 0 Å². The maximum absolute atomic E-state index is 6.32. The van der Waals surface area contributed by atoms with Gasteiger partial charge in [0.2, 0.25) is 0 Å². The number of rotatable bonds is 2. The predicted molar refractivity (Wildman–Crippen MR) is 61.6 cm³/mol. The van der Waals surface area contributed by atoms with E-state index in [1.54, 1.807) is 0 Å². The Morgan fingerprint density at radius 3 is 2.87 bits per heavy atom. The molecule has 0 amide bonds. The second kappa shape index (κ2) is 3.63. The van der Waals surface area contributed by atoms with Crippen LogP contribution in [0.1, 0.15) is 45.5 Å². The van der Waals surface area contributed by atoms with E-state index in [4.69, 9.17) is 5.73 Å². The normalized spacial score (nSPS) is 29.6. The molecule has 1 heterocycles. The van der Waals surface area contributed by atoms with Crippen molar-refractivity contribution in [1.82, 2.24) is 9.55 Å². The van der Waals surface area contributed by atoms with E-state index >= 15 is 0 Å². The van der Waals surface area contributed by atoms with Gasteiger partial charge in [-0.3, -0.25) is 0 Å². The van der Waals surface area contributed by atoms with Crippen molar-refractivity contribution in [2.24, 2.45) is 11.1 Å². The summed E-state index contributed by atoms with van der Waals surface area (Å²) in [5, 5.41) is 0. The van der Waals surface area contributed by atoms with Gasteiger partial charge >= 0.3 is 0 Å². The smallest absolute Gasteiger partial charge is 0.108 e. The van der Waals surface area contributed by atoms with Gasteiger partial charge in [0.1, 0.15) is 5.82 Å². The van der Waals surface area contributed by atoms with E-state index in [1.165, 1.54) is 12.8 Å². The van der Waals surface area contributed by atoms with Crippen molar-refractivity contribution < 1.29 is 0 Å². The molecule has 3 heteroatoms. The predicted octanol–water partition coefficient (Wildman–Crippen LogP) is 2.13. The molecule has 1 fully saturated rings. The molecule has 2 N–H and O–H groups in total. The second-order valence-corrected chi connectivity index (χ2v) is 5.22. The fraction of sp³-hybridized carbons (Fsp3) is 0.750. The SMILES string of the molecule is CCc1nccn1C1CCC(C)(C)C1N. The molecule has 1 saturated carbocycles. The highest BCUT2D eigenvalue weighted by atomic mass is 15.1. The summed E-state index contributed by atoms with van der Waals surface area (Å²) < 4.78 is 2.28. The summed E-state index contributed by atoms with van der Waals surface area (Å²) in [5.74, 6) is 1.16. The van der Waals surface area contributed by atoms with E-state index in [1.807, 2.05) is 6.20 Å². The largest absolute Gasteiger partial charge is 0.330 e. The summed E-state index contributed by atoms with van der Waals surface area (Å²) >= 11 is 0. The number of aromatic nitrogens is 2. The van der Waals surface area contributed by atoms with Crippen LogP contribution in [0.15, 0.2) is 12.4 Å². The Balaban J connectivity index is 2.26. The van der Waals surface area contributed by atoms with E-state index in [9.17, 15) is 0 Å². The van der Waals surface area contributed by atoms with Crippen molar-refractivity contribution in [2.75, 3.05) is 0 Å². The van der Waals surface area contributed by atoms with Crippen LogP contribution in [0.3, 0.4) is 0 Å². The van der Waals surface area contributed by atoms with Gasteiger partial charge in [-0.2, -0.15) is 0 Å². The fourth-order valence-electron chi connectivity index (χ4n) is 2.62. The molecule has 0 aliphatic heterocycles. The van der Waals surface area contributed by atoms with Crippen molar-refractivity contribution in [2.45, 2.75) is 52.1 Å². The molecule has 84 valence electrons. The van der Waals surface area contributed by atoms with E-state index in [-0.39, 0.29) is 11.5 Å². The first-order valence-corrected chi connectivity index (χ1v) is 5.83. The molecule has 0 aromatic carbocycles. The van der Waals surface area contributed by atoms with Gasteiger partial charge in [0.05, 0.1) is 6.04 Å². The Labute approximate surface area is 91.7 Å². The van der Waals surface area contributed by atoms with Crippen LogP contribution >= 0.6 is 0 Å². The number of imidazole rings is 1. The Morgan fingerprint density at radius 1 is 1.60 bits per heavy atom. The van der Waals surface area contributed by atoms with Crippen LogP contribution in [0, 0.1) is 5.41 Å². The summed E-state index contributed by atoms with van der Waals surface area (Å²) in [5.41, 5.74) is 6.59. The Kier molecular flexibility index (Phi) is 2.59. The molecule has 1 aromatic heterocycles. The van der Waals surface area contributed by atoms with Gasteiger partial charge in [0.15, 0.2) is 0 Å². The van der Waals surface area contributed by atoms with E-state index in [0.29, 0.717) is 6.04 Å². The average Bonchev–Trinajstić information content (AvgIpc) is 2.74. The minimum Gasteiger partial charge on any atom is -0.330 e. The number of hydrogen-bond donors (Lipinski definition) is 1. The van der Waals surface area contributed by atoms with Crippen molar-refractivity contribution in [1.29, 1.82) is 0 Å². The number of aryl methyl sites for hydroxylation is 1. The lowest BCUT2D eigenvalue weighted by Crippen LogP contribution is -2.38. The minimum absolute atomic E-state index is 0.247. The van der Waals surface area contributed by atoms with E-state index in [2.05, 4.69) is 36.5 Å². The van der Waals surface area contributed by atoms with Crippen LogP contribution in [0.25, 0.3) is 0 Å². The van der Waals surface area contributed by atoms with Gasteiger partial charge in [0.25, 0.3) is 0 Å². The summed E-state index contributed by atoms with van der Waals surface area (Å²) in [6.07, 6.45) is 7.33. The monoisotopic (exact) mass is 207 g/mol. The van der Waals surface area contributed by atoms with Crippen molar-refractivity contribution >= 4 is 0 Å². The summed E-state index contributed by atoms with van der Waals surface area (Å²) in [7, 11) is 0. The number of nitrogens with two attached hydrogens (primary N) is 1. The summed E-state index contributed by atoms with van der Waals surface area (Å²) in [6, 6.07) is 0.689. The van der Waals surface area contributed by atoms with Gasteiger partial charge in [-0.1, -0.05) is 20.8 Å². The topological polar surface area (TPSA) is 43.8 Å². The lowest BCUT2D eigenvalue weighted by atomic mass is 9.87. The van der Waals surface area contributed by atoms with Crippen molar-refractivity contribution in [3.8, 4) is 0 Å². The molecule has 0 radical (unpaired) electrons. The first-order chi connectivity index (χ1) is 7.06. The Bertz CT molecular complexity index is 340. The van der Waals surface area contributed by atoms with Gasteiger partial charge in [0, 0.05) is 24.9 Å². The number of nitrogens with zero attached hydrogens (tertiary/aromatic N) is 2. The molecule has 0 bridgehead atoms. The zero-order chi connectivity index (χ0) is 11.1. The molecule has 1 aromatic rings. The first-order valence-electron chi connectivity index (χ1n) is 5.83. The van der Waals surface area contributed by atoms with Crippen molar-refractivity contribution in [3.05, 3.63) is 18.2 Å².